The zero-order chi connectivity index (χ0) is 17.1. The minimum atomic E-state index is -0.355. The van der Waals surface area contributed by atoms with E-state index in [1.165, 1.54) is 32.1 Å². The second-order valence-electron chi connectivity index (χ2n) is 8.35. The van der Waals surface area contributed by atoms with E-state index in [1.54, 1.807) is 0 Å². The molecular weight excluding hydrogens is 306 g/mol. The summed E-state index contributed by atoms with van der Waals surface area (Å²) in [7, 11) is 0. The van der Waals surface area contributed by atoms with Crippen molar-refractivity contribution >= 4 is 17.5 Å². The van der Waals surface area contributed by atoms with Crippen LogP contribution >= 0.6 is 11.8 Å². The topological polar surface area (TPSA) is 43.1 Å². The van der Waals surface area contributed by atoms with Gasteiger partial charge >= 0.3 is 0 Å². The van der Waals surface area contributed by atoms with Crippen molar-refractivity contribution < 1.29 is 9.32 Å². The molecule has 2 rings (SSSR count). The minimum absolute atomic E-state index is 0.0456. The number of Topliss-reactive ketones (excluding diaryl/α,β-unsaturated/α-hetero) is 1. The van der Waals surface area contributed by atoms with Crippen LogP contribution in [-0.2, 0) is 16.6 Å². The summed E-state index contributed by atoms with van der Waals surface area (Å²) in [5.74, 6) is 2.81. The lowest BCUT2D eigenvalue weighted by molar-refractivity contribution is -0.120. The molecule has 1 aromatic heterocycles. The highest BCUT2D eigenvalue weighted by molar-refractivity contribution is 8.01. The molecule has 0 saturated heterocycles. The number of carbonyl (C=O) groups excluding carboxylic acids is 1. The Morgan fingerprint density at radius 2 is 1.87 bits per heavy atom. The number of hydrogen-bond acceptors (Lipinski definition) is 4. The van der Waals surface area contributed by atoms with Gasteiger partial charge in [0.25, 0.3) is 0 Å². The Balaban J connectivity index is 1.88. The zero-order valence-corrected chi connectivity index (χ0v) is 16.1. The second-order valence-corrected chi connectivity index (χ2v) is 10.00. The number of ketones is 1. The molecule has 0 bridgehead atoms. The third kappa shape index (κ3) is 5.37. The molecule has 0 atom stereocenters. The molecule has 4 heteroatoms. The van der Waals surface area contributed by atoms with Crippen molar-refractivity contribution in [3.05, 3.63) is 17.5 Å². The van der Waals surface area contributed by atoms with Crippen LogP contribution in [0.15, 0.2) is 10.6 Å². The molecule has 1 aliphatic carbocycles. The number of hydrogen-bond donors (Lipinski definition) is 0. The molecule has 1 saturated carbocycles. The van der Waals surface area contributed by atoms with Crippen LogP contribution in [0.1, 0.15) is 78.2 Å². The zero-order valence-electron chi connectivity index (χ0n) is 15.3. The molecule has 0 spiro atoms. The fourth-order valence-corrected chi connectivity index (χ4v) is 4.10. The van der Waals surface area contributed by atoms with Gasteiger partial charge in [-0.2, -0.15) is 0 Å². The van der Waals surface area contributed by atoms with E-state index in [4.69, 9.17) is 4.52 Å². The lowest BCUT2D eigenvalue weighted by Gasteiger charge is -2.27. The number of carbonyl (C=O) groups is 1. The van der Waals surface area contributed by atoms with Gasteiger partial charge in [0.05, 0.1) is 16.9 Å². The molecule has 1 aliphatic rings. The highest BCUT2D eigenvalue weighted by Crippen LogP contribution is 2.34. The van der Waals surface area contributed by atoms with Gasteiger partial charge in [0.15, 0.2) is 5.78 Å². The highest BCUT2D eigenvalue weighted by Gasteiger charge is 2.31. The van der Waals surface area contributed by atoms with Crippen molar-refractivity contribution in [2.45, 2.75) is 83.3 Å². The third-order valence-corrected chi connectivity index (χ3v) is 6.33. The summed E-state index contributed by atoms with van der Waals surface area (Å²) < 4.78 is 5.02. The van der Waals surface area contributed by atoms with Crippen molar-refractivity contribution in [3.63, 3.8) is 0 Å². The molecule has 3 nitrogen and oxygen atoms in total. The maximum atomic E-state index is 12.7. The lowest BCUT2D eigenvalue weighted by Crippen LogP contribution is -2.31. The van der Waals surface area contributed by atoms with Crippen LogP contribution < -0.4 is 0 Å². The van der Waals surface area contributed by atoms with Crippen LogP contribution in [0.2, 0.25) is 0 Å². The maximum Gasteiger partial charge on any atom is 0.155 e. The largest absolute Gasteiger partial charge is 0.361 e. The molecular formula is C19H31NO2S. The average molecular weight is 338 g/mol. The average Bonchev–Trinajstić information content (AvgIpc) is 2.95. The Labute approximate surface area is 145 Å². The van der Waals surface area contributed by atoms with Gasteiger partial charge in [-0.15, -0.1) is 11.8 Å². The number of aromatic nitrogens is 1. The monoisotopic (exact) mass is 337 g/mol. The van der Waals surface area contributed by atoms with Gasteiger partial charge < -0.3 is 4.52 Å². The van der Waals surface area contributed by atoms with Gasteiger partial charge in [0.1, 0.15) is 5.76 Å². The molecule has 0 unspecified atom stereocenters. The van der Waals surface area contributed by atoms with E-state index in [0.717, 1.165) is 17.4 Å². The quantitative estimate of drug-likeness (QED) is 0.717. The van der Waals surface area contributed by atoms with Gasteiger partial charge in [-0.25, -0.2) is 0 Å². The Hall–Kier alpha value is -0.770. The summed E-state index contributed by atoms with van der Waals surface area (Å²) in [6.45, 7) is 10.4. The highest BCUT2D eigenvalue weighted by atomic mass is 32.2. The molecule has 1 heterocycles. The van der Waals surface area contributed by atoms with Gasteiger partial charge in [0.2, 0.25) is 0 Å². The van der Waals surface area contributed by atoms with Crippen LogP contribution in [0.5, 0.6) is 0 Å². The smallest absolute Gasteiger partial charge is 0.155 e. The third-order valence-electron chi connectivity index (χ3n) is 4.74. The summed E-state index contributed by atoms with van der Waals surface area (Å²) in [4.78, 5) is 12.7. The first-order chi connectivity index (χ1) is 10.7. The van der Waals surface area contributed by atoms with Crippen LogP contribution in [-0.4, -0.2) is 21.4 Å². The van der Waals surface area contributed by atoms with E-state index in [0.29, 0.717) is 12.2 Å². The fourth-order valence-electron chi connectivity index (χ4n) is 2.88. The second kappa shape index (κ2) is 7.42. The molecule has 1 aromatic rings. The summed E-state index contributed by atoms with van der Waals surface area (Å²) >= 11 is 1.81. The number of thioether (sulfide) groups is 1. The van der Waals surface area contributed by atoms with Gasteiger partial charge in [0, 0.05) is 11.5 Å². The lowest BCUT2D eigenvalue weighted by atomic mass is 9.91. The minimum Gasteiger partial charge on any atom is -0.361 e. The van der Waals surface area contributed by atoms with Crippen molar-refractivity contribution in [1.82, 2.24) is 5.16 Å². The first-order valence-corrected chi connectivity index (χ1v) is 9.80. The summed E-state index contributed by atoms with van der Waals surface area (Å²) in [5, 5.41) is 4.11. The number of nitrogens with zero attached hydrogens (tertiary/aromatic N) is 1. The molecule has 1 fully saturated rings. The van der Waals surface area contributed by atoms with E-state index in [1.807, 2.05) is 31.7 Å². The van der Waals surface area contributed by atoms with E-state index in [-0.39, 0.29) is 15.9 Å². The van der Waals surface area contributed by atoms with E-state index < -0.39 is 0 Å². The van der Waals surface area contributed by atoms with Crippen molar-refractivity contribution in [2.24, 2.45) is 5.92 Å². The summed E-state index contributed by atoms with van der Waals surface area (Å²) in [6.07, 6.45) is 7.09. The molecule has 130 valence electrons. The fraction of sp³-hybridized carbons (Fsp3) is 0.789. The SMILES string of the molecule is CC(C)(SCC1CCCCC1)C(=O)Cc1cc(C(C)(C)C)no1. The number of rotatable bonds is 6. The Kier molecular flexibility index (Phi) is 5.99. The Morgan fingerprint density at radius 3 is 2.43 bits per heavy atom. The molecule has 0 aliphatic heterocycles. The van der Waals surface area contributed by atoms with Gasteiger partial charge in [-0.05, 0) is 38.4 Å². The predicted octanol–water partition coefficient (Wildman–Crippen LogP) is 5.18. The standard InChI is InChI=1S/C19H31NO2S/c1-18(2,3)16-11-15(22-20-16)12-17(21)19(4,5)23-13-14-9-7-6-8-10-14/h11,14H,6-10,12-13H2,1-5H3. The van der Waals surface area contributed by atoms with E-state index in [2.05, 4.69) is 25.9 Å². The Morgan fingerprint density at radius 1 is 1.22 bits per heavy atom. The van der Waals surface area contributed by atoms with Gasteiger partial charge in [-0.1, -0.05) is 45.2 Å². The molecule has 23 heavy (non-hydrogen) atoms. The maximum absolute atomic E-state index is 12.7. The van der Waals surface area contributed by atoms with Gasteiger partial charge in [-0.3, -0.25) is 4.79 Å². The summed E-state index contributed by atoms with van der Waals surface area (Å²) in [6, 6.07) is 1.93. The van der Waals surface area contributed by atoms with E-state index >= 15 is 0 Å². The van der Waals surface area contributed by atoms with Crippen molar-refractivity contribution in [2.75, 3.05) is 5.75 Å². The summed E-state index contributed by atoms with van der Waals surface area (Å²) in [5.41, 5.74) is 0.865. The first-order valence-electron chi connectivity index (χ1n) is 8.82. The Bertz CT molecular complexity index is 522. The van der Waals surface area contributed by atoms with Crippen LogP contribution in [0, 0.1) is 5.92 Å². The van der Waals surface area contributed by atoms with Crippen LogP contribution in [0.3, 0.4) is 0 Å². The molecule has 0 N–H and O–H groups in total. The van der Waals surface area contributed by atoms with Crippen molar-refractivity contribution in [3.8, 4) is 0 Å². The van der Waals surface area contributed by atoms with Crippen LogP contribution in [0.25, 0.3) is 0 Å². The normalized spacial score (nSPS) is 17.4. The predicted molar refractivity (Wildman–Crippen MR) is 97.0 cm³/mol. The van der Waals surface area contributed by atoms with Crippen LogP contribution in [0.4, 0.5) is 0 Å². The molecule has 0 radical (unpaired) electrons. The molecule has 0 amide bonds. The first kappa shape index (κ1) is 18.6. The van der Waals surface area contributed by atoms with E-state index in [9.17, 15) is 4.79 Å². The van der Waals surface area contributed by atoms with Crippen molar-refractivity contribution in [1.29, 1.82) is 0 Å². The molecule has 0 aromatic carbocycles.